The van der Waals surface area contributed by atoms with Crippen molar-refractivity contribution in [3.05, 3.63) is 12.4 Å². The van der Waals surface area contributed by atoms with Crippen LogP contribution in [0, 0.1) is 5.92 Å². The molecule has 1 unspecified atom stereocenters. The van der Waals surface area contributed by atoms with Gasteiger partial charge in [-0.1, -0.05) is 0 Å². The molecule has 2 aromatic rings. The van der Waals surface area contributed by atoms with E-state index in [2.05, 4.69) is 20.2 Å². The first-order valence-electron chi connectivity index (χ1n) is 9.11. The Morgan fingerprint density at radius 3 is 2.96 bits per heavy atom. The lowest BCUT2D eigenvalue weighted by molar-refractivity contribution is -0.117. The SMILES string of the molecule is CCOc1cnc2[nH]cc(NC(=O)C3CC3)c2c1N1CCCC(N)C1.Cl. The van der Waals surface area contributed by atoms with Crippen LogP contribution in [-0.2, 0) is 4.79 Å². The maximum atomic E-state index is 12.3. The summed E-state index contributed by atoms with van der Waals surface area (Å²) in [5.41, 5.74) is 8.70. The molecule has 0 spiro atoms. The molecule has 2 fully saturated rings. The number of rotatable bonds is 5. The average molecular weight is 380 g/mol. The van der Waals surface area contributed by atoms with E-state index in [0.29, 0.717) is 6.61 Å². The molecular weight excluding hydrogens is 354 g/mol. The van der Waals surface area contributed by atoms with Crippen LogP contribution >= 0.6 is 12.4 Å². The first-order chi connectivity index (χ1) is 12.2. The molecule has 4 N–H and O–H groups in total. The average Bonchev–Trinajstić information content (AvgIpc) is 3.38. The number of hydrogen-bond donors (Lipinski definition) is 3. The summed E-state index contributed by atoms with van der Waals surface area (Å²) < 4.78 is 5.85. The first-order valence-corrected chi connectivity index (χ1v) is 9.11. The molecule has 2 aliphatic rings. The molecule has 7 nitrogen and oxygen atoms in total. The highest BCUT2D eigenvalue weighted by Crippen LogP contribution is 2.41. The molecule has 1 atom stereocenters. The molecule has 2 aromatic heterocycles. The molecule has 1 aliphatic carbocycles. The number of anilines is 2. The molecule has 26 heavy (non-hydrogen) atoms. The van der Waals surface area contributed by atoms with Crippen LogP contribution in [-0.4, -0.2) is 41.6 Å². The van der Waals surface area contributed by atoms with E-state index in [0.717, 1.165) is 66.9 Å². The second-order valence-electron chi connectivity index (χ2n) is 6.94. The second-order valence-corrected chi connectivity index (χ2v) is 6.94. The number of nitrogens with two attached hydrogens (primary N) is 1. The molecule has 3 heterocycles. The van der Waals surface area contributed by atoms with Crippen molar-refractivity contribution in [3.8, 4) is 5.75 Å². The van der Waals surface area contributed by atoms with Crippen LogP contribution < -0.4 is 20.7 Å². The molecular formula is C18H26ClN5O2. The molecule has 0 bridgehead atoms. The number of aromatic amines is 1. The summed E-state index contributed by atoms with van der Waals surface area (Å²) >= 11 is 0. The maximum Gasteiger partial charge on any atom is 0.227 e. The summed E-state index contributed by atoms with van der Waals surface area (Å²) in [5.74, 6) is 0.981. The van der Waals surface area contributed by atoms with Gasteiger partial charge < -0.3 is 25.7 Å². The summed E-state index contributed by atoms with van der Waals surface area (Å²) in [6, 6.07) is 0.148. The number of carbonyl (C=O) groups is 1. The lowest BCUT2D eigenvalue weighted by Gasteiger charge is -2.34. The number of carbonyl (C=O) groups excluding carboxylic acids is 1. The number of aromatic nitrogens is 2. The highest BCUT2D eigenvalue weighted by Gasteiger charge is 2.31. The zero-order valence-electron chi connectivity index (χ0n) is 15.0. The minimum Gasteiger partial charge on any atom is -0.490 e. The van der Waals surface area contributed by atoms with Gasteiger partial charge in [0.2, 0.25) is 5.91 Å². The highest BCUT2D eigenvalue weighted by atomic mass is 35.5. The Morgan fingerprint density at radius 1 is 1.46 bits per heavy atom. The number of ether oxygens (including phenoxy) is 1. The van der Waals surface area contributed by atoms with Crippen molar-refractivity contribution in [2.75, 3.05) is 29.9 Å². The molecule has 0 radical (unpaired) electrons. The largest absolute Gasteiger partial charge is 0.490 e. The van der Waals surface area contributed by atoms with E-state index in [9.17, 15) is 4.79 Å². The van der Waals surface area contributed by atoms with E-state index in [1.54, 1.807) is 6.20 Å². The topological polar surface area (TPSA) is 96.3 Å². The van der Waals surface area contributed by atoms with Gasteiger partial charge in [-0.15, -0.1) is 12.4 Å². The Labute approximate surface area is 159 Å². The van der Waals surface area contributed by atoms with Crippen LogP contribution in [0.5, 0.6) is 5.75 Å². The molecule has 1 saturated carbocycles. The zero-order chi connectivity index (χ0) is 17.4. The minimum atomic E-state index is 0. The van der Waals surface area contributed by atoms with Crippen LogP contribution in [0.2, 0.25) is 0 Å². The Bertz CT molecular complexity index is 789. The minimum absolute atomic E-state index is 0. The van der Waals surface area contributed by atoms with Crippen LogP contribution in [0.15, 0.2) is 12.4 Å². The number of piperidine rings is 1. The van der Waals surface area contributed by atoms with Crippen LogP contribution in [0.4, 0.5) is 11.4 Å². The quantitative estimate of drug-likeness (QED) is 0.742. The van der Waals surface area contributed by atoms with E-state index >= 15 is 0 Å². The smallest absolute Gasteiger partial charge is 0.227 e. The Hall–Kier alpha value is -1.99. The van der Waals surface area contributed by atoms with Gasteiger partial charge in [-0.3, -0.25) is 4.79 Å². The van der Waals surface area contributed by atoms with Crippen molar-refractivity contribution in [3.63, 3.8) is 0 Å². The maximum absolute atomic E-state index is 12.3. The van der Waals surface area contributed by atoms with Crippen molar-refractivity contribution in [2.24, 2.45) is 11.7 Å². The van der Waals surface area contributed by atoms with Gasteiger partial charge >= 0.3 is 0 Å². The van der Waals surface area contributed by atoms with Crippen molar-refractivity contribution in [1.29, 1.82) is 0 Å². The number of halogens is 1. The third kappa shape index (κ3) is 3.59. The van der Waals surface area contributed by atoms with Crippen LogP contribution in [0.1, 0.15) is 32.6 Å². The normalized spacial score (nSPS) is 19.9. The number of nitrogens with zero attached hydrogens (tertiary/aromatic N) is 2. The fraction of sp³-hybridized carbons (Fsp3) is 0.556. The summed E-state index contributed by atoms with van der Waals surface area (Å²) in [4.78, 5) is 22.2. The lowest BCUT2D eigenvalue weighted by atomic mass is 10.0. The fourth-order valence-corrected chi connectivity index (χ4v) is 3.53. The molecule has 1 saturated heterocycles. The predicted octanol–water partition coefficient (Wildman–Crippen LogP) is 2.66. The Kier molecular flexibility index (Phi) is 5.58. The van der Waals surface area contributed by atoms with Gasteiger partial charge in [0.15, 0.2) is 5.75 Å². The van der Waals surface area contributed by atoms with E-state index in [1.807, 2.05) is 13.1 Å². The Balaban J connectivity index is 0.00000196. The van der Waals surface area contributed by atoms with Gasteiger partial charge in [0.25, 0.3) is 0 Å². The predicted molar refractivity (Wildman–Crippen MR) is 105 cm³/mol. The summed E-state index contributed by atoms with van der Waals surface area (Å²) in [6.07, 6.45) is 7.61. The van der Waals surface area contributed by atoms with Crippen molar-refractivity contribution < 1.29 is 9.53 Å². The van der Waals surface area contributed by atoms with Gasteiger partial charge in [-0.25, -0.2) is 4.98 Å². The summed E-state index contributed by atoms with van der Waals surface area (Å²) in [6.45, 7) is 4.23. The first kappa shape index (κ1) is 18.8. The molecule has 142 valence electrons. The molecule has 1 amide bonds. The summed E-state index contributed by atoms with van der Waals surface area (Å²) in [7, 11) is 0. The number of pyridine rings is 1. The fourth-order valence-electron chi connectivity index (χ4n) is 3.53. The Morgan fingerprint density at radius 2 is 2.27 bits per heavy atom. The van der Waals surface area contributed by atoms with Gasteiger partial charge in [-0.2, -0.15) is 0 Å². The number of amides is 1. The lowest BCUT2D eigenvalue weighted by Crippen LogP contribution is -2.43. The third-order valence-corrected chi connectivity index (χ3v) is 4.92. The number of H-pyrrole nitrogens is 1. The van der Waals surface area contributed by atoms with Crippen molar-refractivity contribution in [2.45, 2.75) is 38.6 Å². The van der Waals surface area contributed by atoms with E-state index in [4.69, 9.17) is 10.5 Å². The number of nitrogens with one attached hydrogen (secondary N) is 2. The van der Waals surface area contributed by atoms with Gasteiger partial charge in [0.05, 0.1) is 29.6 Å². The van der Waals surface area contributed by atoms with Crippen LogP contribution in [0.3, 0.4) is 0 Å². The van der Waals surface area contributed by atoms with Gasteiger partial charge in [0, 0.05) is 31.2 Å². The molecule has 8 heteroatoms. The highest BCUT2D eigenvalue weighted by molar-refractivity contribution is 6.08. The monoisotopic (exact) mass is 379 g/mol. The van der Waals surface area contributed by atoms with Crippen molar-refractivity contribution >= 4 is 40.7 Å². The van der Waals surface area contributed by atoms with E-state index < -0.39 is 0 Å². The van der Waals surface area contributed by atoms with E-state index in [1.165, 1.54) is 0 Å². The second kappa shape index (κ2) is 7.72. The molecule has 1 aliphatic heterocycles. The van der Waals surface area contributed by atoms with Crippen LogP contribution in [0.25, 0.3) is 11.0 Å². The van der Waals surface area contributed by atoms with Gasteiger partial charge in [0.1, 0.15) is 5.65 Å². The standard InChI is InChI=1S/C18H25N5O2.ClH/c1-2-25-14-9-21-17-15(16(14)23-7-3-4-12(19)10-23)13(8-20-17)22-18(24)11-5-6-11;/h8-9,11-12H,2-7,10,19H2,1H3,(H,20,21)(H,22,24);1H. The number of hydrogen-bond acceptors (Lipinski definition) is 5. The molecule has 0 aromatic carbocycles. The summed E-state index contributed by atoms with van der Waals surface area (Å²) in [5, 5.41) is 3.97. The molecule has 4 rings (SSSR count). The van der Waals surface area contributed by atoms with Crippen molar-refractivity contribution in [1.82, 2.24) is 9.97 Å². The van der Waals surface area contributed by atoms with E-state index in [-0.39, 0.29) is 30.3 Å². The number of fused-ring (bicyclic) bond motifs is 1. The zero-order valence-corrected chi connectivity index (χ0v) is 15.8. The third-order valence-electron chi connectivity index (χ3n) is 4.92. The van der Waals surface area contributed by atoms with Gasteiger partial charge in [-0.05, 0) is 32.6 Å².